The lowest BCUT2D eigenvalue weighted by Gasteiger charge is -2.33. The number of ether oxygens (including phenoxy) is 1. The van der Waals surface area contributed by atoms with Crippen molar-refractivity contribution >= 4 is 82.8 Å². The number of nitrogens with two attached hydrogens (primary N) is 1. The number of cyclic esters (lactones) is 1. The molecule has 0 saturated carbocycles. The van der Waals surface area contributed by atoms with E-state index < -0.39 is 203 Å². The first kappa shape index (κ1) is 89.7. The molecule has 584 valence electrons. The van der Waals surface area contributed by atoms with E-state index in [1.807, 2.05) is 13.8 Å². The third-order valence-corrected chi connectivity index (χ3v) is 19.0. The third kappa shape index (κ3) is 26.6. The molecule has 30 nitrogen and oxygen atoms in total. The van der Waals surface area contributed by atoms with Gasteiger partial charge in [-0.2, -0.15) is 0 Å². The summed E-state index contributed by atoms with van der Waals surface area (Å²) in [6.45, 7) is 31.7. The van der Waals surface area contributed by atoms with Gasteiger partial charge in [-0.3, -0.25) is 62.3 Å². The number of hydrogen-bond acceptors (Lipinski definition) is 17. The van der Waals surface area contributed by atoms with Crippen LogP contribution >= 0.6 is 0 Å². The van der Waals surface area contributed by atoms with Crippen molar-refractivity contribution in [3.05, 3.63) is 47.7 Å². The zero-order valence-corrected chi connectivity index (χ0v) is 64.5. The topological polar surface area (TPSA) is 442 Å². The molecule has 0 aromatic heterocycles. The van der Waals surface area contributed by atoms with Crippen LogP contribution in [0.15, 0.2) is 42.1 Å². The van der Waals surface area contributed by atoms with Crippen molar-refractivity contribution in [2.24, 2.45) is 53.1 Å². The van der Waals surface area contributed by atoms with E-state index in [1.54, 1.807) is 127 Å². The van der Waals surface area contributed by atoms with E-state index in [9.17, 15) is 62.6 Å². The van der Waals surface area contributed by atoms with E-state index in [4.69, 9.17) is 10.5 Å². The van der Waals surface area contributed by atoms with Crippen LogP contribution in [0.1, 0.15) is 201 Å². The fraction of sp³-hybridized carbons (Fsp3) is 0.703. The Morgan fingerprint density at radius 1 is 0.606 bits per heavy atom. The van der Waals surface area contributed by atoms with Crippen molar-refractivity contribution in [3.8, 4) is 0 Å². The average Bonchev–Trinajstić information content (AvgIpc) is 1.51. The monoisotopic (exact) mass is 1460 g/mol. The number of likely N-dealkylation sites (tertiary alicyclic amines) is 1. The molecule has 2 heterocycles. The molecule has 15 N–H and O–H groups in total. The number of esters is 1. The highest BCUT2D eigenvalue weighted by molar-refractivity contribution is 6.03. The van der Waals surface area contributed by atoms with Gasteiger partial charge in [0.05, 0.1) is 6.10 Å². The molecule has 2 saturated heterocycles. The molecule has 2 aliphatic rings. The van der Waals surface area contributed by atoms with Crippen LogP contribution in [-0.2, 0) is 71.9 Å². The van der Waals surface area contributed by atoms with Gasteiger partial charge in [0.2, 0.25) is 65.0 Å². The number of aliphatic hydroxyl groups excluding tert-OH is 1. The van der Waals surface area contributed by atoms with Gasteiger partial charge in [0.1, 0.15) is 84.3 Å². The van der Waals surface area contributed by atoms with Crippen molar-refractivity contribution in [1.29, 1.82) is 0 Å². The van der Waals surface area contributed by atoms with Gasteiger partial charge in [0, 0.05) is 13.0 Å². The van der Waals surface area contributed by atoms with Crippen LogP contribution in [0.3, 0.4) is 0 Å². The summed E-state index contributed by atoms with van der Waals surface area (Å²) < 4.78 is 5.95. The third-order valence-electron chi connectivity index (χ3n) is 19.0. The number of benzene rings is 1. The highest BCUT2D eigenvalue weighted by Crippen LogP contribution is 2.24. The fourth-order valence-corrected chi connectivity index (χ4v) is 12.0. The number of nitrogens with zero attached hydrogens (tertiary/aromatic N) is 1. The maximum atomic E-state index is 15.0. The number of rotatable bonds is 32. The minimum atomic E-state index is -1.83. The van der Waals surface area contributed by atoms with E-state index in [2.05, 4.69) is 63.8 Å². The number of amides is 13. The maximum Gasteiger partial charge on any atom is 0.329 e. The number of allylic oxidation sites excluding steroid dienone is 1. The first-order valence-corrected chi connectivity index (χ1v) is 37.0. The van der Waals surface area contributed by atoms with Crippen molar-refractivity contribution in [2.75, 3.05) is 13.1 Å². The summed E-state index contributed by atoms with van der Waals surface area (Å²) in [6.07, 6.45) is 1.04. The normalized spacial score (nSPS) is 22.7. The minimum absolute atomic E-state index is 0.0525. The first-order valence-electron chi connectivity index (χ1n) is 37.0. The first-order chi connectivity index (χ1) is 48.8. The van der Waals surface area contributed by atoms with Crippen LogP contribution in [0.2, 0.25) is 0 Å². The van der Waals surface area contributed by atoms with Gasteiger partial charge in [0.25, 0.3) is 11.8 Å². The number of hydrogen-bond donors (Lipinski definition) is 14. The Kier molecular flexibility index (Phi) is 37.1. The lowest BCUT2D eigenvalue weighted by Crippen LogP contribution is -2.64. The molecule has 0 spiro atoms. The number of nitrogens with one attached hydrogen (secondary N) is 12. The Hall–Kier alpha value is -8.54. The van der Waals surface area contributed by atoms with Gasteiger partial charge >= 0.3 is 5.97 Å². The van der Waals surface area contributed by atoms with Gasteiger partial charge in [-0.05, 0) is 112 Å². The molecule has 0 aliphatic carbocycles. The van der Waals surface area contributed by atoms with E-state index in [0.29, 0.717) is 30.7 Å². The van der Waals surface area contributed by atoms with Crippen LogP contribution in [0.5, 0.6) is 0 Å². The zero-order chi connectivity index (χ0) is 78.7. The van der Waals surface area contributed by atoms with E-state index in [-0.39, 0.29) is 56.8 Å². The predicted octanol–water partition coefficient (Wildman–Crippen LogP) is 1.97. The molecular weight excluding hydrogens is 1340 g/mol. The Bertz CT molecular complexity index is 3140. The summed E-state index contributed by atoms with van der Waals surface area (Å²) in [5.74, 6) is -15.2. The summed E-state index contributed by atoms with van der Waals surface area (Å²) in [7, 11) is 0. The van der Waals surface area contributed by atoms with Crippen LogP contribution in [-0.4, -0.2) is 185 Å². The molecular formula is C74H122N14O16. The van der Waals surface area contributed by atoms with E-state index in [1.165, 1.54) is 31.7 Å². The molecule has 2 aliphatic heterocycles. The molecule has 0 bridgehead atoms. The van der Waals surface area contributed by atoms with Gasteiger partial charge in [-0.1, -0.05) is 166 Å². The molecule has 1 aromatic rings. The Morgan fingerprint density at radius 3 is 1.67 bits per heavy atom. The van der Waals surface area contributed by atoms with Gasteiger partial charge in [-0.15, -0.1) is 0 Å². The lowest BCUT2D eigenvalue weighted by molar-refractivity contribution is -0.157. The molecule has 16 atom stereocenters. The van der Waals surface area contributed by atoms with E-state index >= 15 is 9.59 Å². The predicted molar refractivity (Wildman–Crippen MR) is 391 cm³/mol. The Morgan fingerprint density at radius 2 is 1.14 bits per heavy atom. The standard InChI is InChI=1S/C74H122N14O16/c1-20-43(16)57(69(98)86-60-46(19)104-74(103)56(42(14)15)82-62(91)48(22-3)76-72(101)61(47-30-24-23-25-31-47)87-67(96)54(40(10)11)79-68(97)58(44(17)21-2)84-71(60)100)83-63(92)49(32-27-35-75)77-64(93)50-33-28-36-88(50)73(102)55(41(12)13)81-66(95)53(39(8)9)80-70(99)59(45(18)89)85-65(94)52(38(6)7)78-51(90)34-26-29-37(4)5/h22-25,30-31,37-46,49-50,52-61,89H,20-21,26-29,32-36,75H2,1-19H3,(H,76,101)(H,77,93)(H,78,90)(H,79,97)(H,80,99)(H,81,95)(H,82,91)(H,83,92)(H,84,100)(H,85,94)(H,86,98)(H,87,96)/b48-22-/t43-,44-,45+,46+,49-,50+,52+,53-,54+,55+,56-,57+,58+,59-,60+,61-/m0/s1. The number of carbonyl (C=O) groups is 14. The number of aliphatic hydroxyl groups is 1. The molecule has 0 unspecified atom stereocenters. The second-order valence-corrected chi connectivity index (χ2v) is 29.8. The highest BCUT2D eigenvalue weighted by Gasteiger charge is 2.45. The average molecular weight is 1460 g/mol. The summed E-state index contributed by atoms with van der Waals surface area (Å²) in [4.78, 5) is 202. The van der Waals surface area contributed by atoms with Crippen LogP contribution in [0, 0.1) is 47.3 Å². The summed E-state index contributed by atoms with van der Waals surface area (Å²) >= 11 is 0. The van der Waals surface area contributed by atoms with Gasteiger partial charge < -0.3 is 84.3 Å². The smallest absolute Gasteiger partial charge is 0.329 e. The summed E-state index contributed by atoms with van der Waals surface area (Å²) in [5, 5.41) is 43.1. The molecule has 13 amide bonds. The van der Waals surface area contributed by atoms with Crippen LogP contribution in [0.4, 0.5) is 0 Å². The van der Waals surface area contributed by atoms with Gasteiger partial charge in [0.15, 0.2) is 0 Å². The maximum absolute atomic E-state index is 15.0. The minimum Gasteiger partial charge on any atom is -0.458 e. The van der Waals surface area contributed by atoms with Gasteiger partial charge in [-0.25, -0.2) is 4.79 Å². The largest absolute Gasteiger partial charge is 0.458 e. The zero-order valence-electron chi connectivity index (χ0n) is 64.5. The molecule has 1 aromatic carbocycles. The summed E-state index contributed by atoms with van der Waals surface area (Å²) in [5.41, 5.74) is 6.00. The van der Waals surface area contributed by atoms with Crippen molar-refractivity contribution in [3.63, 3.8) is 0 Å². The lowest BCUT2D eigenvalue weighted by atomic mass is 9.95. The SMILES string of the molecule is C/C=C1\NC(=O)[C@H](c2ccccc2)NC(=O)[C@@H](C(C)C)NC(=O)[C@@H]([C@@H](C)CC)NC(=O)[C@H](NC(=O)[C@H](NC(=O)[C@H](CCCN)NC(=O)[C@H]2CCCN2C(=O)[C@H](NC(=O)[C@@H](NC(=O)[C@@H](NC(=O)[C@H](NC(=O)CCCC(C)C)C(C)C)[C@@H](C)O)C(C)C)C(C)C)[C@@H](C)CC)[C@@H](C)OC(=O)[C@H](C(C)C)NC1=O. The fourth-order valence-electron chi connectivity index (χ4n) is 12.0. The molecule has 104 heavy (non-hydrogen) atoms. The quantitative estimate of drug-likeness (QED) is 0.0362. The second-order valence-electron chi connectivity index (χ2n) is 29.8. The van der Waals surface area contributed by atoms with Crippen molar-refractivity contribution in [1.82, 2.24) is 68.7 Å². The molecule has 3 rings (SSSR count). The van der Waals surface area contributed by atoms with E-state index in [0.717, 1.165) is 6.42 Å². The molecule has 0 radical (unpaired) electrons. The Balaban J connectivity index is 2.00. The van der Waals surface area contributed by atoms with Crippen molar-refractivity contribution in [2.45, 2.75) is 274 Å². The summed E-state index contributed by atoms with van der Waals surface area (Å²) in [6, 6.07) is -8.40. The molecule has 2 fully saturated rings. The van der Waals surface area contributed by atoms with Crippen molar-refractivity contribution < 1.29 is 77.0 Å². The number of carbonyl (C=O) groups excluding carboxylic acids is 14. The second kappa shape index (κ2) is 43.0. The van der Waals surface area contributed by atoms with Crippen LogP contribution < -0.4 is 69.5 Å². The Labute approximate surface area is 613 Å². The van der Waals surface area contributed by atoms with Crippen LogP contribution in [0.25, 0.3) is 0 Å². The molecule has 30 heteroatoms. The highest BCUT2D eigenvalue weighted by atomic mass is 16.5.